The maximum atomic E-state index is 13.2. The fraction of sp³-hybridized carbons (Fsp3) is 0.896. The first kappa shape index (κ1) is 74.3. The van der Waals surface area contributed by atoms with Crippen LogP contribution in [0.2, 0.25) is 0 Å². The highest BCUT2D eigenvalue weighted by Crippen LogP contribution is 2.24. The first-order valence-electron chi connectivity index (χ1n) is 33.4. The summed E-state index contributed by atoms with van der Waals surface area (Å²) in [5, 5.41) is 76.2. The molecule has 1 rings (SSSR count). The maximum absolute atomic E-state index is 13.2. The van der Waals surface area contributed by atoms with E-state index >= 15 is 0 Å². The summed E-state index contributed by atoms with van der Waals surface area (Å²) >= 11 is 0. The molecular formula is C67H127NO10. The minimum Gasteiger partial charge on any atom is -0.394 e. The molecule has 0 aromatic heterocycles. The number of hydrogen-bond donors (Lipinski definition) is 8. The third-order valence-electron chi connectivity index (χ3n) is 16.2. The van der Waals surface area contributed by atoms with E-state index < -0.39 is 74.2 Å². The van der Waals surface area contributed by atoms with Crippen molar-refractivity contribution >= 4 is 5.91 Å². The Bertz CT molecular complexity index is 1360. The molecule has 1 aliphatic rings. The molecule has 0 aliphatic carbocycles. The third-order valence-corrected chi connectivity index (χ3v) is 16.2. The van der Waals surface area contributed by atoms with Crippen LogP contribution in [0.25, 0.3) is 0 Å². The molecule has 0 radical (unpaired) electrons. The molecule has 1 fully saturated rings. The first-order valence-corrected chi connectivity index (χ1v) is 33.4. The number of carbonyl (C=O) groups excluding carboxylic acids is 1. The van der Waals surface area contributed by atoms with Crippen LogP contribution in [0.3, 0.4) is 0 Å². The molecule has 11 nitrogen and oxygen atoms in total. The van der Waals surface area contributed by atoms with E-state index in [1.54, 1.807) is 0 Å². The number of hydrogen-bond acceptors (Lipinski definition) is 10. The second-order valence-corrected chi connectivity index (χ2v) is 23.5. The Balaban J connectivity index is 2.15. The summed E-state index contributed by atoms with van der Waals surface area (Å²) in [5.74, 6) is -0.703. The van der Waals surface area contributed by atoms with Crippen LogP contribution in [0.5, 0.6) is 0 Å². The molecule has 0 aromatic carbocycles. The summed E-state index contributed by atoms with van der Waals surface area (Å²) in [7, 11) is 0. The van der Waals surface area contributed by atoms with E-state index in [-0.39, 0.29) is 12.8 Å². The number of amides is 1. The van der Waals surface area contributed by atoms with Gasteiger partial charge in [-0.05, 0) is 70.6 Å². The normalized spacial score (nSPS) is 19.6. The summed E-state index contributed by atoms with van der Waals surface area (Å²) < 4.78 is 11.1. The Morgan fingerprint density at radius 3 is 1.18 bits per heavy atom. The second kappa shape index (κ2) is 55.8. The van der Waals surface area contributed by atoms with Crippen molar-refractivity contribution in [1.29, 1.82) is 0 Å². The van der Waals surface area contributed by atoms with E-state index in [1.165, 1.54) is 231 Å². The van der Waals surface area contributed by atoms with Crippen LogP contribution in [-0.4, -0.2) is 110 Å². The van der Waals surface area contributed by atoms with Crippen LogP contribution in [0.4, 0.5) is 0 Å². The van der Waals surface area contributed by atoms with Gasteiger partial charge in [0.25, 0.3) is 0 Å². The lowest BCUT2D eigenvalue weighted by molar-refractivity contribution is -0.303. The summed E-state index contributed by atoms with van der Waals surface area (Å²) in [6.07, 6.45) is 59.5. The van der Waals surface area contributed by atoms with Crippen molar-refractivity contribution in [1.82, 2.24) is 5.32 Å². The van der Waals surface area contributed by atoms with Gasteiger partial charge >= 0.3 is 0 Å². The van der Waals surface area contributed by atoms with Gasteiger partial charge in [-0.3, -0.25) is 4.79 Å². The predicted molar refractivity (Wildman–Crippen MR) is 325 cm³/mol. The zero-order valence-corrected chi connectivity index (χ0v) is 50.7. The van der Waals surface area contributed by atoms with Gasteiger partial charge in [0.15, 0.2) is 6.29 Å². The third kappa shape index (κ3) is 43.1. The molecule has 1 heterocycles. The lowest BCUT2D eigenvalue weighted by Crippen LogP contribution is -2.60. The molecule has 1 aliphatic heterocycles. The van der Waals surface area contributed by atoms with Crippen LogP contribution < -0.4 is 5.32 Å². The van der Waals surface area contributed by atoms with E-state index in [9.17, 15) is 40.5 Å². The van der Waals surface area contributed by atoms with Crippen molar-refractivity contribution in [3.05, 3.63) is 36.5 Å². The number of ether oxygens (including phenoxy) is 2. The molecule has 9 unspecified atom stereocenters. The molecule has 11 heteroatoms. The quantitative estimate of drug-likeness (QED) is 0.0215. The fourth-order valence-electron chi connectivity index (χ4n) is 10.8. The molecule has 1 amide bonds. The van der Waals surface area contributed by atoms with Crippen molar-refractivity contribution < 1.29 is 50.0 Å². The van der Waals surface area contributed by atoms with Crippen molar-refractivity contribution in [2.75, 3.05) is 13.2 Å². The maximum Gasteiger partial charge on any atom is 0.249 e. The van der Waals surface area contributed by atoms with Gasteiger partial charge in [-0.2, -0.15) is 0 Å². The highest BCUT2D eigenvalue weighted by atomic mass is 16.7. The lowest BCUT2D eigenvalue weighted by atomic mass is 9.98. The number of carbonyl (C=O) groups is 1. The van der Waals surface area contributed by atoms with Crippen LogP contribution in [0.15, 0.2) is 36.5 Å². The van der Waals surface area contributed by atoms with Gasteiger partial charge in [0.05, 0.1) is 25.4 Å². The van der Waals surface area contributed by atoms with E-state index in [0.29, 0.717) is 12.8 Å². The minimum atomic E-state index is -1.67. The van der Waals surface area contributed by atoms with Crippen LogP contribution in [-0.2, 0) is 14.3 Å². The molecule has 8 N–H and O–H groups in total. The standard InChI is InChI=1S/C67H127NO10/c1-3-5-7-9-11-13-15-17-19-20-21-22-23-24-25-26-27-28-29-30-31-32-33-34-35-36-37-38-39-41-43-45-47-49-51-53-55-60(71)66(76)68-58(57-77-67-65(75)64(74)63(73)61(56-69)78-67)62(72)59(70)54-52-50-48-46-44-42-40-18-16-14-12-10-8-6-4-2/h25-26,28-29,46,48,58-65,67,69-75H,3-24,27,30-45,47,49-57H2,1-2H3,(H,68,76)/b26-25-,29-28-,48-46+. The summed E-state index contributed by atoms with van der Waals surface area (Å²) in [4.78, 5) is 13.2. The number of unbranched alkanes of at least 4 members (excludes halogenated alkanes) is 40. The molecule has 0 saturated carbocycles. The smallest absolute Gasteiger partial charge is 0.249 e. The fourth-order valence-corrected chi connectivity index (χ4v) is 10.8. The van der Waals surface area contributed by atoms with Gasteiger partial charge < -0.3 is 50.5 Å². The number of aliphatic hydroxyl groups excluding tert-OH is 7. The molecule has 0 spiro atoms. The van der Waals surface area contributed by atoms with Crippen LogP contribution in [0, 0.1) is 0 Å². The highest BCUT2D eigenvalue weighted by molar-refractivity contribution is 5.80. The van der Waals surface area contributed by atoms with Crippen LogP contribution in [0.1, 0.15) is 316 Å². The molecule has 9 atom stereocenters. The van der Waals surface area contributed by atoms with Gasteiger partial charge in [-0.1, -0.05) is 281 Å². The Hall–Kier alpha value is -1.67. The lowest BCUT2D eigenvalue weighted by Gasteiger charge is -2.40. The van der Waals surface area contributed by atoms with E-state index in [1.807, 2.05) is 0 Å². The van der Waals surface area contributed by atoms with Gasteiger partial charge in [-0.15, -0.1) is 0 Å². The Morgan fingerprint density at radius 2 is 0.795 bits per heavy atom. The zero-order chi connectivity index (χ0) is 56.8. The van der Waals surface area contributed by atoms with E-state index in [4.69, 9.17) is 9.47 Å². The Morgan fingerprint density at radius 1 is 0.449 bits per heavy atom. The van der Waals surface area contributed by atoms with Crippen molar-refractivity contribution in [2.24, 2.45) is 0 Å². The SMILES string of the molecule is CCCCCCCCCCCC/C=C/CCCC(O)C(O)C(COC1OC(CO)C(O)C(O)C1O)NC(=O)C(O)CCCCCCCCCCCCCCCCCC/C=C\C/C=C\CCCCCCCCCCCCCCC. The van der Waals surface area contributed by atoms with Crippen molar-refractivity contribution in [2.45, 2.75) is 371 Å². The van der Waals surface area contributed by atoms with Crippen molar-refractivity contribution in [3.8, 4) is 0 Å². The minimum absolute atomic E-state index is 0.255. The zero-order valence-electron chi connectivity index (χ0n) is 50.7. The first-order chi connectivity index (χ1) is 38.2. The Kier molecular flexibility index (Phi) is 53.2. The van der Waals surface area contributed by atoms with E-state index in [0.717, 1.165) is 44.9 Å². The number of rotatable bonds is 58. The van der Waals surface area contributed by atoms with Crippen LogP contribution >= 0.6 is 0 Å². The number of allylic oxidation sites excluding steroid dienone is 6. The van der Waals surface area contributed by atoms with Gasteiger partial charge in [-0.25, -0.2) is 0 Å². The highest BCUT2D eigenvalue weighted by Gasteiger charge is 2.44. The predicted octanol–water partition coefficient (Wildman–Crippen LogP) is 15.4. The topological polar surface area (TPSA) is 189 Å². The summed E-state index contributed by atoms with van der Waals surface area (Å²) in [6, 6.07) is -1.18. The number of aliphatic hydroxyl groups is 7. The molecule has 78 heavy (non-hydrogen) atoms. The van der Waals surface area contributed by atoms with E-state index in [2.05, 4.69) is 55.6 Å². The van der Waals surface area contributed by atoms with Gasteiger partial charge in [0.2, 0.25) is 5.91 Å². The average Bonchev–Trinajstić information content (AvgIpc) is 3.46. The second-order valence-electron chi connectivity index (χ2n) is 23.5. The molecule has 0 aromatic rings. The molecule has 1 saturated heterocycles. The largest absolute Gasteiger partial charge is 0.394 e. The molecule has 0 bridgehead atoms. The number of nitrogens with one attached hydrogen (secondary N) is 1. The van der Waals surface area contributed by atoms with Gasteiger partial charge in [0, 0.05) is 0 Å². The summed E-state index contributed by atoms with van der Waals surface area (Å²) in [5.41, 5.74) is 0. The van der Waals surface area contributed by atoms with Crippen molar-refractivity contribution in [3.63, 3.8) is 0 Å². The average molecular weight is 1110 g/mol. The van der Waals surface area contributed by atoms with Gasteiger partial charge in [0.1, 0.15) is 36.6 Å². The Labute approximate surface area is 479 Å². The molecule has 460 valence electrons. The summed E-state index contributed by atoms with van der Waals surface area (Å²) in [6.45, 7) is 3.47. The monoisotopic (exact) mass is 1110 g/mol. The molecular weight excluding hydrogens is 979 g/mol.